The van der Waals surface area contributed by atoms with Gasteiger partial charge in [-0.25, -0.2) is 9.97 Å². The van der Waals surface area contributed by atoms with Crippen LogP contribution in [-0.4, -0.2) is 19.5 Å². The van der Waals surface area contributed by atoms with E-state index in [1.165, 1.54) is 5.56 Å². The Balaban J connectivity index is 2.16. The van der Waals surface area contributed by atoms with E-state index in [0.29, 0.717) is 0 Å². The van der Waals surface area contributed by atoms with E-state index in [1.807, 2.05) is 24.0 Å². The number of nitrogens with one attached hydrogen (secondary N) is 1. The van der Waals surface area contributed by atoms with Crippen LogP contribution in [0.2, 0.25) is 0 Å². The van der Waals surface area contributed by atoms with E-state index in [0.717, 1.165) is 41.1 Å². The summed E-state index contributed by atoms with van der Waals surface area (Å²) in [5, 5.41) is 0. The molecule has 0 spiro atoms. The third kappa shape index (κ3) is 2.03. The highest BCUT2D eigenvalue weighted by Gasteiger charge is 2.10. The number of H-pyrrole nitrogens is 1. The number of aromatic nitrogens is 4. The first-order valence-electron chi connectivity index (χ1n) is 6.66. The molecule has 0 saturated heterocycles. The van der Waals surface area contributed by atoms with Crippen molar-refractivity contribution in [1.82, 2.24) is 19.5 Å². The monoisotopic (exact) mass is 254 g/mol. The molecule has 19 heavy (non-hydrogen) atoms. The molecule has 2 aromatic heterocycles. The van der Waals surface area contributed by atoms with Gasteiger partial charge >= 0.3 is 0 Å². The number of hydrogen-bond acceptors (Lipinski definition) is 2. The summed E-state index contributed by atoms with van der Waals surface area (Å²) >= 11 is 0. The fourth-order valence-corrected chi connectivity index (χ4v) is 2.47. The lowest BCUT2D eigenvalue weighted by atomic mass is 10.1. The lowest BCUT2D eigenvalue weighted by Gasteiger charge is -2.03. The number of aromatic amines is 1. The van der Waals surface area contributed by atoms with Gasteiger partial charge in [0.2, 0.25) is 0 Å². The molecular weight excluding hydrogens is 236 g/mol. The zero-order valence-electron chi connectivity index (χ0n) is 11.6. The van der Waals surface area contributed by atoms with Gasteiger partial charge < -0.3 is 9.55 Å². The van der Waals surface area contributed by atoms with Gasteiger partial charge in [-0.1, -0.05) is 6.92 Å². The molecule has 4 heteroatoms. The van der Waals surface area contributed by atoms with E-state index < -0.39 is 0 Å². The van der Waals surface area contributed by atoms with Crippen molar-refractivity contribution in [3.05, 3.63) is 35.9 Å². The van der Waals surface area contributed by atoms with E-state index in [4.69, 9.17) is 0 Å². The minimum atomic E-state index is 0.983. The number of aryl methyl sites for hydroxylation is 3. The SMILES string of the molecule is CCCc1nc2c(C)cc(-c3nccn3C)cc2[nH]1. The van der Waals surface area contributed by atoms with Crippen molar-refractivity contribution < 1.29 is 0 Å². The van der Waals surface area contributed by atoms with Crippen LogP contribution in [0.5, 0.6) is 0 Å². The fourth-order valence-electron chi connectivity index (χ4n) is 2.47. The predicted molar refractivity (Wildman–Crippen MR) is 77.0 cm³/mol. The molecule has 0 amide bonds. The average molecular weight is 254 g/mol. The van der Waals surface area contributed by atoms with Crippen LogP contribution in [0.1, 0.15) is 24.7 Å². The largest absolute Gasteiger partial charge is 0.342 e. The van der Waals surface area contributed by atoms with Crippen LogP contribution < -0.4 is 0 Å². The Labute approximate surface area is 112 Å². The van der Waals surface area contributed by atoms with E-state index in [9.17, 15) is 0 Å². The molecule has 0 radical (unpaired) electrons. The summed E-state index contributed by atoms with van der Waals surface area (Å²) in [6.45, 7) is 4.27. The number of benzene rings is 1. The van der Waals surface area contributed by atoms with Gasteiger partial charge in [0.1, 0.15) is 11.6 Å². The van der Waals surface area contributed by atoms with Crippen molar-refractivity contribution in [3.63, 3.8) is 0 Å². The highest BCUT2D eigenvalue weighted by atomic mass is 15.0. The lowest BCUT2D eigenvalue weighted by molar-refractivity contribution is 0.861. The first-order valence-corrected chi connectivity index (χ1v) is 6.66. The smallest absolute Gasteiger partial charge is 0.139 e. The van der Waals surface area contributed by atoms with E-state index >= 15 is 0 Å². The molecule has 3 rings (SSSR count). The van der Waals surface area contributed by atoms with Gasteiger partial charge in [0.15, 0.2) is 0 Å². The van der Waals surface area contributed by atoms with Crippen LogP contribution >= 0.6 is 0 Å². The Morgan fingerprint density at radius 1 is 1.32 bits per heavy atom. The second kappa shape index (κ2) is 4.53. The molecular formula is C15H18N4. The highest BCUT2D eigenvalue weighted by Crippen LogP contribution is 2.25. The normalized spacial score (nSPS) is 11.3. The molecule has 0 aliphatic heterocycles. The van der Waals surface area contributed by atoms with Crippen LogP contribution in [0.4, 0.5) is 0 Å². The summed E-state index contributed by atoms with van der Waals surface area (Å²) in [6.07, 6.45) is 5.88. The molecule has 1 N–H and O–H groups in total. The standard InChI is InChI=1S/C15H18N4/c1-4-5-13-17-12-9-11(8-10(2)14(12)18-13)15-16-6-7-19(15)3/h6-9H,4-5H2,1-3H3,(H,17,18). The summed E-state index contributed by atoms with van der Waals surface area (Å²) in [6, 6.07) is 4.29. The minimum absolute atomic E-state index is 0.983. The zero-order chi connectivity index (χ0) is 13.4. The molecule has 2 heterocycles. The van der Waals surface area contributed by atoms with Crippen LogP contribution in [0.3, 0.4) is 0 Å². The maximum absolute atomic E-state index is 4.66. The predicted octanol–water partition coefficient (Wildman–Crippen LogP) is 3.22. The van der Waals surface area contributed by atoms with Gasteiger partial charge in [-0.3, -0.25) is 0 Å². The van der Waals surface area contributed by atoms with Crippen molar-refractivity contribution in [2.45, 2.75) is 26.7 Å². The third-order valence-corrected chi connectivity index (χ3v) is 3.39. The van der Waals surface area contributed by atoms with Crippen molar-refractivity contribution in [2.75, 3.05) is 0 Å². The Kier molecular flexibility index (Phi) is 2.85. The van der Waals surface area contributed by atoms with Crippen molar-refractivity contribution in [1.29, 1.82) is 0 Å². The molecule has 0 aliphatic rings. The maximum Gasteiger partial charge on any atom is 0.139 e. The number of hydrogen-bond donors (Lipinski definition) is 1. The molecule has 0 aliphatic carbocycles. The van der Waals surface area contributed by atoms with Crippen LogP contribution in [0.25, 0.3) is 22.4 Å². The first kappa shape index (κ1) is 12.0. The van der Waals surface area contributed by atoms with Crippen molar-refractivity contribution >= 4 is 11.0 Å². The number of imidazole rings is 2. The molecule has 1 aromatic carbocycles. The summed E-state index contributed by atoms with van der Waals surface area (Å²) in [5.41, 5.74) is 4.49. The van der Waals surface area contributed by atoms with Crippen LogP contribution in [0, 0.1) is 6.92 Å². The fraction of sp³-hybridized carbons (Fsp3) is 0.333. The average Bonchev–Trinajstić information content (AvgIpc) is 2.95. The molecule has 0 unspecified atom stereocenters. The molecule has 98 valence electrons. The van der Waals surface area contributed by atoms with E-state index in [-0.39, 0.29) is 0 Å². The number of fused-ring (bicyclic) bond motifs is 1. The topological polar surface area (TPSA) is 46.5 Å². The van der Waals surface area contributed by atoms with Crippen LogP contribution in [0.15, 0.2) is 24.5 Å². The minimum Gasteiger partial charge on any atom is -0.342 e. The number of nitrogens with zero attached hydrogens (tertiary/aromatic N) is 3. The zero-order valence-corrected chi connectivity index (χ0v) is 11.6. The third-order valence-electron chi connectivity index (χ3n) is 3.39. The Bertz CT molecular complexity index is 721. The van der Waals surface area contributed by atoms with E-state index in [1.54, 1.807) is 0 Å². The van der Waals surface area contributed by atoms with Gasteiger partial charge in [-0.05, 0) is 31.0 Å². The van der Waals surface area contributed by atoms with Gasteiger partial charge in [0.25, 0.3) is 0 Å². The Morgan fingerprint density at radius 2 is 2.16 bits per heavy atom. The molecule has 0 fully saturated rings. The van der Waals surface area contributed by atoms with Crippen LogP contribution in [-0.2, 0) is 13.5 Å². The Morgan fingerprint density at radius 3 is 2.84 bits per heavy atom. The van der Waals surface area contributed by atoms with Gasteiger partial charge in [-0.2, -0.15) is 0 Å². The molecule has 3 aromatic rings. The highest BCUT2D eigenvalue weighted by molar-refractivity contribution is 5.83. The summed E-state index contributed by atoms with van der Waals surface area (Å²) in [5.74, 6) is 2.05. The molecule has 0 saturated carbocycles. The molecule has 0 atom stereocenters. The van der Waals surface area contributed by atoms with Gasteiger partial charge in [-0.15, -0.1) is 0 Å². The van der Waals surface area contributed by atoms with Crippen molar-refractivity contribution in [3.8, 4) is 11.4 Å². The van der Waals surface area contributed by atoms with Crippen molar-refractivity contribution in [2.24, 2.45) is 7.05 Å². The first-order chi connectivity index (χ1) is 9.19. The Hall–Kier alpha value is -2.10. The van der Waals surface area contributed by atoms with Gasteiger partial charge in [0, 0.05) is 31.4 Å². The quantitative estimate of drug-likeness (QED) is 0.780. The molecule has 4 nitrogen and oxygen atoms in total. The maximum atomic E-state index is 4.66. The molecule has 0 bridgehead atoms. The number of rotatable bonds is 3. The second-order valence-corrected chi connectivity index (χ2v) is 4.98. The second-order valence-electron chi connectivity index (χ2n) is 4.98. The lowest BCUT2D eigenvalue weighted by Crippen LogP contribution is -1.92. The summed E-state index contributed by atoms with van der Waals surface area (Å²) < 4.78 is 2.03. The summed E-state index contributed by atoms with van der Waals surface area (Å²) in [4.78, 5) is 12.5. The van der Waals surface area contributed by atoms with Gasteiger partial charge in [0.05, 0.1) is 11.0 Å². The summed E-state index contributed by atoms with van der Waals surface area (Å²) in [7, 11) is 2.01. The van der Waals surface area contributed by atoms with E-state index in [2.05, 4.69) is 40.9 Å².